The molecule has 1 fully saturated rings. The molecule has 2 aliphatic rings. The summed E-state index contributed by atoms with van der Waals surface area (Å²) in [6.07, 6.45) is 1.37. The molecule has 1 N–H and O–H groups in total. The summed E-state index contributed by atoms with van der Waals surface area (Å²) in [5, 5.41) is 3.10. The minimum Gasteiger partial charge on any atom is -0.492 e. The van der Waals surface area contributed by atoms with Crippen LogP contribution in [-0.4, -0.2) is 64.0 Å². The van der Waals surface area contributed by atoms with Gasteiger partial charge in [-0.25, -0.2) is 13.4 Å². The van der Waals surface area contributed by atoms with E-state index in [2.05, 4.69) is 10.3 Å². The third kappa shape index (κ3) is 4.13. The lowest BCUT2D eigenvalue weighted by Gasteiger charge is -2.25. The maximum absolute atomic E-state index is 12.6. The van der Waals surface area contributed by atoms with Crippen molar-refractivity contribution < 1.29 is 27.4 Å². The maximum atomic E-state index is 12.6. The van der Waals surface area contributed by atoms with Crippen LogP contribution >= 0.6 is 0 Å². The van der Waals surface area contributed by atoms with Crippen LogP contribution in [-0.2, 0) is 14.8 Å². The van der Waals surface area contributed by atoms with Crippen molar-refractivity contribution in [3.63, 3.8) is 0 Å². The van der Waals surface area contributed by atoms with Gasteiger partial charge in [-0.1, -0.05) is 0 Å². The van der Waals surface area contributed by atoms with Crippen LogP contribution < -0.4 is 19.5 Å². The number of aromatic nitrogens is 1. The summed E-state index contributed by atoms with van der Waals surface area (Å²) in [5.41, 5.74) is 0. The van der Waals surface area contributed by atoms with E-state index in [1.54, 1.807) is 24.3 Å². The molecular formula is C18H21N3O6S. The Kier molecular flexibility index (Phi) is 5.51. The molecule has 0 aliphatic carbocycles. The zero-order valence-corrected chi connectivity index (χ0v) is 16.0. The molecule has 1 aromatic carbocycles. The highest BCUT2D eigenvalue weighted by molar-refractivity contribution is 7.89. The molecule has 0 unspecified atom stereocenters. The number of hydrogen-bond donors (Lipinski definition) is 1. The number of nitrogens with zero attached hydrogens (tertiary/aromatic N) is 2. The molecule has 0 saturated carbocycles. The summed E-state index contributed by atoms with van der Waals surface area (Å²) in [6, 6.07) is 8.61. The average Bonchev–Trinajstić information content (AvgIpc) is 3.20. The zero-order chi connectivity index (χ0) is 19.4. The minimum atomic E-state index is -3.53. The first-order chi connectivity index (χ1) is 13.6. The summed E-state index contributed by atoms with van der Waals surface area (Å²) < 4.78 is 48.0. The monoisotopic (exact) mass is 407 g/mol. The molecule has 0 bridgehead atoms. The van der Waals surface area contributed by atoms with Gasteiger partial charge < -0.3 is 24.3 Å². The van der Waals surface area contributed by atoms with E-state index in [0.29, 0.717) is 62.5 Å². The molecule has 28 heavy (non-hydrogen) atoms. The molecule has 0 radical (unpaired) electrons. The number of benzene rings is 1. The highest BCUT2D eigenvalue weighted by Crippen LogP contribution is 2.35. The molecular weight excluding hydrogens is 386 g/mol. The van der Waals surface area contributed by atoms with E-state index in [0.717, 1.165) is 0 Å². The van der Waals surface area contributed by atoms with Gasteiger partial charge in [-0.2, -0.15) is 4.31 Å². The van der Waals surface area contributed by atoms with Crippen LogP contribution in [0.1, 0.15) is 0 Å². The topological polar surface area (TPSA) is 99.2 Å². The molecule has 9 nitrogen and oxygen atoms in total. The van der Waals surface area contributed by atoms with Crippen molar-refractivity contribution in [3.8, 4) is 17.2 Å². The summed E-state index contributed by atoms with van der Waals surface area (Å²) in [7, 11) is -3.53. The second-order valence-electron chi connectivity index (χ2n) is 6.19. The van der Waals surface area contributed by atoms with Gasteiger partial charge in [0.15, 0.2) is 11.5 Å². The van der Waals surface area contributed by atoms with Crippen molar-refractivity contribution in [2.45, 2.75) is 4.90 Å². The third-order valence-corrected chi connectivity index (χ3v) is 6.25. The van der Waals surface area contributed by atoms with Crippen molar-refractivity contribution in [2.75, 3.05) is 51.6 Å². The van der Waals surface area contributed by atoms with Crippen molar-refractivity contribution in [3.05, 3.63) is 36.5 Å². The maximum Gasteiger partial charge on any atom is 0.244 e. The molecule has 2 aromatic rings. The molecule has 0 atom stereocenters. The number of anilines is 1. The first-order valence-corrected chi connectivity index (χ1v) is 10.4. The Morgan fingerprint density at radius 2 is 1.93 bits per heavy atom. The zero-order valence-electron chi connectivity index (χ0n) is 15.2. The number of fused-ring (bicyclic) bond motifs is 1. The van der Waals surface area contributed by atoms with Crippen LogP contribution in [0.5, 0.6) is 17.2 Å². The van der Waals surface area contributed by atoms with Crippen LogP contribution in [0.25, 0.3) is 0 Å². The van der Waals surface area contributed by atoms with Crippen LogP contribution in [0.4, 0.5) is 5.82 Å². The SMILES string of the molecule is O=S(=O)(c1ccc(NCCOc2ccc3c(c2)OCO3)nc1)N1CCOCC1. The predicted octanol–water partition coefficient (Wildman–Crippen LogP) is 1.32. The van der Waals surface area contributed by atoms with Gasteiger partial charge in [0, 0.05) is 25.4 Å². The number of pyridine rings is 1. The Balaban J connectivity index is 1.27. The number of rotatable bonds is 7. The van der Waals surface area contributed by atoms with E-state index in [-0.39, 0.29) is 11.7 Å². The first-order valence-electron chi connectivity index (χ1n) is 8.93. The van der Waals surface area contributed by atoms with Crippen molar-refractivity contribution >= 4 is 15.8 Å². The van der Waals surface area contributed by atoms with Gasteiger partial charge in [0.25, 0.3) is 0 Å². The van der Waals surface area contributed by atoms with Gasteiger partial charge in [-0.05, 0) is 24.3 Å². The highest BCUT2D eigenvalue weighted by atomic mass is 32.2. The smallest absolute Gasteiger partial charge is 0.244 e. The number of nitrogens with one attached hydrogen (secondary N) is 1. The number of hydrogen-bond acceptors (Lipinski definition) is 8. The standard InChI is InChI=1S/C18H21N3O6S/c22-28(23,21-6-9-24-10-7-21)15-2-4-18(20-12-15)19-5-8-25-14-1-3-16-17(11-14)27-13-26-16/h1-4,11-12H,5-10,13H2,(H,19,20). The van der Waals surface area contributed by atoms with E-state index >= 15 is 0 Å². The van der Waals surface area contributed by atoms with Gasteiger partial charge in [0.1, 0.15) is 23.1 Å². The lowest BCUT2D eigenvalue weighted by Crippen LogP contribution is -2.40. The lowest BCUT2D eigenvalue weighted by atomic mass is 10.3. The Hall–Kier alpha value is -2.56. The normalized spacial score (nSPS) is 16.7. The third-order valence-electron chi connectivity index (χ3n) is 4.37. The Morgan fingerprint density at radius 3 is 2.71 bits per heavy atom. The van der Waals surface area contributed by atoms with E-state index in [1.165, 1.54) is 10.5 Å². The van der Waals surface area contributed by atoms with E-state index in [4.69, 9.17) is 18.9 Å². The molecule has 0 spiro atoms. The van der Waals surface area contributed by atoms with Gasteiger partial charge in [0.2, 0.25) is 16.8 Å². The van der Waals surface area contributed by atoms with Crippen molar-refractivity contribution in [1.82, 2.24) is 9.29 Å². The Labute approximate surface area is 163 Å². The fourth-order valence-corrected chi connectivity index (χ4v) is 4.24. The molecule has 4 rings (SSSR count). The fourth-order valence-electron chi connectivity index (χ4n) is 2.89. The minimum absolute atomic E-state index is 0.177. The summed E-state index contributed by atoms with van der Waals surface area (Å²) in [5.74, 6) is 2.65. The number of morpholine rings is 1. The highest BCUT2D eigenvalue weighted by Gasteiger charge is 2.26. The summed E-state index contributed by atoms with van der Waals surface area (Å²) in [6.45, 7) is 2.69. The first kappa shape index (κ1) is 18.8. The van der Waals surface area contributed by atoms with E-state index in [1.807, 2.05) is 6.07 Å². The second-order valence-corrected chi connectivity index (χ2v) is 8.12. The van der Waals surface area contributed by atoms with Crippen molar-refractivity contribution in [2.24, 2.45) is 0 Å². The van der Waals surface area contributed by atoms with Crippen LogP contribution in [0.15, 0.2) is 41.4 Å². The fraction of sp³-hybridized carbons (Fsp3) is 0.389. The van der Waals surface area contributed by atoms with Crippen LogP contribution in [0, 0.1) is 0 Å². The van der Waals surface area contributed by atoms with Gasteiger partial charge >= 0.3 is 0 Å². The summed E-state index contributed by atoms with van der Waals surface area (Å²) in [4.78, 5) is 4.37. The Bertz CT molecular complexity index is 913. The largest absolute Gasteiger partial charge is 0.492 e. The second kappa shape index (κ2) is 8.21. The molecule has 1 aromatic heterocycles. The number of ether oxygens (including phenoxy) is 4. The lowest BCUT2D eigenvalue weighted by molar-refractivity contribution is 0.0730. The molecule has 0 amide bonds. The van der Waals surface area contributed by atoms with Crippen molar-refractivity contribution in [1.29, 1.82) is 0 Å². The Morgan fingerprint density at radius 1 is 1.11 bits per heavy atom. The molecule has 10 heteroatoms. The predicted molar refractivity (Wildman–Crippen MR) is 100 cm³/mol. The van der Waals surface area contributed by atoms with Gasteiger partial charge in [0.05, 0.1) is 19.8 Å². The quantitative estimate of drug-likeness (QED) is 0.686. The summed E-state index contributed by atoms with van der Waals surface area (Å²) >= 11 is 0. The molecule has 2 aliphatic heterocycles. The average molecular weight is 407 g/mol. The van der Waals surface area contributed by atoms with E-state index < -0.39 is 10.0 Å². The molecule has 3 heterocycles. The molecule has 1 saturated heterocycles. The van der Waals surface area contributed by atoms with Gasteiger partial charge in [-0.3, -0.25) is 0 Å². The molecule has 150 valence electrons. The number of sulfonamides is 1. The van der Waals surface area contributed by atoms with E-state index in [9.17, 15) is 8.42 Å². The van der Waals surface area contributed by atoms with Crippen LogP contribution in [0.3, 0.4) is 0 Å². The van der Waals surface area contributed by atoms with Crippen LogP contribution in [0.2, 0.25) is 0 Å². The van der Waals surface area contributed by atoms with Gasteiger partial charge in [-0.15, -0.1) is 0 Å².